The van der Waals surface area contributed by atoms with Crippen LogP contribution in [0.15, 0.2) is 23.2 Å². The number of halogens is 2. The number of hydrogen-bond donors (Lipinski definition) is 0. The average molecular weight is 260 g/mol. The maximum Gasteiger partial charge on any atom is 0.293 e. The standard InChI is InChI=1S/C10H7Cl2NO3/c11-6-1-2-8(7(12)3-6)15-4-9-10(14)13-5-16-9/h1-3,5,9H,4H2. The van der Waals surface area contributed by atoms with Gasteiger partial charge in [-0.05, 0) is 18.2 Å². The molecule has 1 heterocycles. The van der Waals surface area contributed by atoms with Gasteiger partial charge in [-0.1, -0.05) is 23.2 Å². The third-order valence-electron chi connectivity index (χ3n) is 1.96. The molecule has 1 aromatic carbocycles. The van der Waals surface area contributed by atoms with Crippen molar-refractivity contribution in [3.63, 3.8) is 0 Å². The zero-order chi connectivity index (χ0) is 11.5. The minimum atomic E-state index is -0.688. The van der Waals surface area contributed by atoms with Gasteiger partial charge in [-0.2, -0.15) is 4.99 Å². The predicted octanol–water partition coefficient (Wildman–Crippen LogP) is 2.33. The van der Waals surface area contributed by atoms with Gasteiger partial charge in [-0.3, -0.25) is 4.79 Å². The number of hydrogen-bond acceptors (Lipinski definition) is 3. The molecule has 1 aromatic rings. The zero-order valence-corrected chi connectivity index (χ0v) is 9.53. The molecule has 0 radical (unpaired) electrons. The van der Waals surface area contributed by atoms with Crippen molar-refractivity contribution >= 4 is 35.5 Å². The van der Waals surface area contributed by atoms with Gasteiger partial charge >= 0.3 is 0 Å². The molecule has 1 aliphatic heterocycles. The normalized spacial score (nSPS) is 18.6. The van der Waals surface area contributed by atoms with Crippen LogP contribution in [0, 0.1) is 0 Å². The quantitative estimate of drug-likeness (QED) is 0.837. The Kier molecular flexibility index (Phi) is 3.31. The van der Waals surface area contributed by atoms with Gasteiger partial charge in [0.15, 0.2) is 6.40 Å². The Hall–Kier alpha value is -1.26. The molecule has 4 nitrogen and oxygen atoms in total. The smallest absolute Gasteiger partial charge is 0.293 e. The van der Waals surface area contributed by atoms with E-state index in [9.17, 15) is 4.79 Å². The van der Waals surface area contributed by atoms with Crippen molar-refractivity contribution in [3.8, 4) is 5.75 Å². The lowest BCUT2D eigenvalue weighted by atomic mass is 10.3. The number of carbonyl (C=O) groups excluding carboxylic acids is 1. The molecular formula is C10H7Cl2NO3. The van der Waals surface area contributed by atoms with Crippen LogP contribution in [-0.2, 0) is 9.53 Å². The number of carbonyl (C=O) groups is 1. The summed E-state index contributed by atoms with van der Waals surface area (Å²) in [7, 11) is 0. The van der Waals surface area contributed by atoms with E-state index in [1.165, 1.54) is 0 Å². The van der Waals surface area contributed by atoms with Crippen LogP contribution in [-0.4, -0.2) is 25.0 Å². The Morgan fingerprint density at radius 2 is 2.25 bits per heavy atom. The van der Waals surface area contributed by atoms with Crippen molar-refractivity contribution in [3.05, 3.63) is 28.2 Å². The molecule has 1 aliphatic rings. The minimum Gasteiger partial charge on any atom is -0.488 e. The molecule has 0 aromatic heterocycles. The zero-order valence-electron chi connectivity index (χ0n) is 8.02. The van der Waals surface area contributed by atoms with E-state index in [1.54, 1.807) is 18.2 Å². The summed E-state index contributed by atoms with van der Waals surface area (Å²) in [6.45, 7) is 0.0696. The Morgan fingerprint density at radius 3 is 2.88 bits per heavy atom. The second-order valence-electron chi connectivity index (χ2n) is 3.08. The fourth-order valence-electron chi connectivity index (χ4n) is 1.17. The van der Waals surface area contributed by atoms with Crippen LogP contribution < -0.4 is 4.74 Å². The largest absolute Gasteiger partial charge is 0.488 e. The lowest BCUT2D eigenvalue weighted by molar-refractivity contribution is -0.123. The highest BCUT2D eigenvalue weighted by atomic mass is 35.5. The summed E-state index contributed by atoms with van der Waals surface area (Å²) in [5.74, 6) is 0.0967. The summed E-state index contributed by atoms with van der Waals surface area (Å²) in [6, 6.07) is 4.84. The molecule has 16 heavy (non-hydrogen) atoms. The molecule has 1 amide bonds. The van der Waals surface area contributed by atoms with E-state index < -0.39 is 6.10 Å². The molecule has 0 saturated heterocycles. The monoisotopic (exact) mass is 259 g/mol. The minimum absolute atomic E-state index is 0.0696. The van der Waals surface area contributed by atoms with Crippen LogP contribution in [0.25, 0.3) is 0 Å². The van der Waals surface area contributed by atoms with Crippen molar-refractivity contribution in [2.75, 3.05) is 6.61 Å². The van der Waals surface area contributed by atoms with Crippen LogP contribution in [0.2, 0.25) is 10.0 Å². The van der Waals surface area contributed by atoms with E-state index in [2.05, 4.69) is 4.99 Å². The average Bonchev–Trinajstić information content (AvgIpc) is 2.63. The first-order chi connectivity index (χ1) is 7.66. The van der Waals surface area contributed by atoms with E-state index >= 15 is 0 Å². The highest BCUT2D eigenvalue weighted by Gasteiger charge is 2.24. The molecule has 0 bridgehead atoms. The van der Waals surface area contributed by atoms with Crippen LogP contribution in [0.3, 0.4) is 0 Å². The summed E-state index contributed by atoms with van der Waals surface area (Å²) >= 11 is 11.6. The molecule has 0 N–H and O–H groups in total. The fourth-order valence-corrected chi connectivity index (χ4v) is 1.63. The first kappa shape index (κ1) is 11.2. The third kappa shape index (κ3) is 2.46. The van der Waals surface area contributed by atoms with Gasteiger partial charge < -0.3 is 9.47 Å². The van der Waals surface area contributed by atoms with Crippen molar-refractivity contribution in [1.82, 2.24) is 0 Å². The molecule has 0 fully saturated rings. The van der Waals surface area contributed by atoms with Gasteiger partial charge in [-0.25, -0.2) is 0 Å². The van der Waals surface area contributed by atoms with E-state index in [0.717, 1.165) is 6.40 Å². The Balaban J connectivity index is 1.97. The second kappa shape index (κ2) is 4.72. The molecule has 6 heteroatoms. The van der Waals surface area contributed by atoms with Crippen molar-refractivity contribution in [2.24, 2.45) is 4.99 Å². The SMILES string of the molecule is O=C1N=COC1COc1ccc(Cl)cc1Cl. The maximum atomic E-state index is 11.1. The summed E-state index contributed by atoms with van der Waals surface area (Å²) < 4.78 is 10.2. The number of rotatable bonds is 3. The van der Waals surface area contributed by atoms with E-state index in [4.69, 9.17) is 32.7 Å². The summed E-state index contributed by atoms with van der Waals surface area (Å²) in [5.41, 5.74) is 0. The van der Waals surface area contributed by atoms with E-state index in [-0.39, 0.29) is 12.5 Å². The van der Waals surface area contributed by atoms with Crippen LogP contribution in [0.4, 0.5) is 0 Å². The molecule has 0 aliphatic carbocycles. The van der Waals surface area contributed by atoms with Crippen LogP contribution in [0.1, 0.15) is 0 Å². The van der Waals surface area contributed by atoms with Gasteiger partial charge in [-0.15, -0.1) is 0 Å². The van der Waals surface area contributed by atoms with Crippen LogP contribution >= 0.6 is 23.2 Å². The number of amides is 1. The molecule has 1 unspecified atom stereocenters. The first-order valence-electron chi connectivity index (χ1n) is 4.46. The lowest BCUT2D eigenvalue weighted by Crippen LogP contribution is -2.24. The van der Waals surface area contributed by atoms with E-state index in [0.29, 0.717) is 15.8 Å². The molecular weight excluding hydrogens is 253 g/mol. The van der Waals surface area contributed by atoms with E-state index in [1.807, 2.05) is 0 Å². The number of nitrogens with zero attached hydrogens (tertiary/aromatic N) is 1. The topological polar surface area (TPSA) is 47.9 Å². The lowest BCUT2D eigenvalue weighted by Gasteiger charge is -2.11. The van der Waals surface area contributed by atoms with Crippen LogP contribution in [0.5, 0.6) is 5.75 Å². The maximum absolute atomic E-state index is 11.1. The van der Waals surface area contributed by atoms with Gasteiger partial charge in [0.2, 0.25) is 6.10 Å². The Labute approximate surface area is 102 Å². The molecule has 2 rings (SSSR count). The van der Waals surface area contributed by atoms with Gasteiger partial charge in [0.05, 0.1) is 5.02 Å². The summed E-state index contributed by atoms with van der Waals surface area (Å²) in [6.07, 6.45) is 0.423. The van der Waals surface area contributed by atoms with Crippen molar-refractivity contribution < 1.29 is 14.3 Å². The van der Waals surface area contributed by atoms with Gasteiger partial charge in [0, 0.05) is 5.02 Å². The highest BCUT2D eigenvalue weighted by molar-refractivity contribution is 6.35. The first-order valence-corrected chi connectivity index (χ1v) is 5.22. The third-order valence-corrected chi connectivity index (χ3v) is 2.50. The molecule has 1 atom stereocenters. The highest BCUT2D eigenvalue weighted by Crippen LogP contribution is 2.27. The number of ether oxygens (including phenoxy) is 2. The fraction of sp³-hybridized carbons (Fsp3) is 0.200. The molecule has 0 spiro atoms. The van der Waals surface area contributed by atoms with Crippen molar-refractivity contribution in [1.29, 1.82) is 0 Å². The number of aliphatic imine (C=N–C) groups is 1. The van der Waals surface area contributed by atoms with Gasteiger partial charge in [0.1, 0.15) is 12.4 Å². The van der Waals surface area contributed by atoms with Crippen molar-refractivity contribution in [2.45, 2.75) is 6.10 Å². The second-order valence-corrected chi connectivity index (χ2v) is 3.93. The predicted molar refractivity (Wildman–Crippen MR) is 60.3 cm³/mol. The number of benzene rings is 1. The molecule has 0 saturated carbocycles. The summed E-state index contributed by atoms with van der Waals surface area (Å²) in [5, 5.41) is 0.910. The van der Waals surface area contributed by atoms with Gasteiger partial charge in [0.25, 0.3) is 5.91 Å². The Morgan fingerprint density at radius 1 is 1.44 bits per heavy atom. The molecule has 84 valence electrons. The summed E-state index contributed by atoms with van der Waals surface area (Å²) in [4.78, 5) is 14.5. The Bertz CT molecular complexity index is 448.